The van der Waals surface area contributed by atoms with Gasteiger partial charge in [-0.1, -0.05) is 84.1 Å². The Bertz CT molecular complexity index is 2160. The third kappa shape index (κ3) is 6.64. The van der Waals surface area contributed by atoms with Crippen LogP contribution in [0, 0.1) is 11.3 Å². The monoisotopic (exact) mass is 641 g/mol. The van der Waals surface area contributed by atoms with Crippen molar-refractivity contribution in [2.75, 3.05) is 13.2 Å². The molecule has 5 aromatic rings. The third-order valence-corrected chi connectivity index (χ3v) is 8.57. The van der Waals surface area contributed by atoms with Crippen LogP contribution in [0.15, 0.2) is 118 Å². The number of aromatic nitrogens is 1. The van der Waals surface area contributed by atoms with Crippen LogP contribution in [0.4, 0.5) is 0 Å². The van der Waals surface area contributed by atoms with Gasteiger partial charge < -0.3 is 14.2 Å². The maximum atomic E-state index is 14.2. The first-order valence-corrected chi connectivity index (χ1v) is 16.0. The first kappa shape index (κ1) is 31.3. The number of ether oxygens (including phenoxy) is 3. The van der Waals surface area contributed by atoms with Crippen molar-refractivity contribution in [2.24, 2.45) is 4.99 Å². The minimum Gasteiger partial charge on any atom is -0.494 e. The third-order valence-electron chi connectivity index (χ3n) is 7.59. The fourth-order valence-electron chi connectivity index (χ4n) is 5.40. The minimum atomic E-state index is -0.773. The Morgan fingerprint density at radius 3 is 2.28 bits per heavy atom. The lowest BCUT2D eigenvalue weighted by Crippen LogP contribution is -2.40. The summed E-state index contributed by atoms with van der Waals surface area (Å²) in [5.74, 6) is 0.796. The van der Waals surface area contributed by atoms with Crippen LogP contribution in [0.5, 0.6) is 11.5 Å². The first-order chi connectivity index (χ1) is 23.0. The summed E-state index contributed by atoms with van der Waals surface area (Å²) in [6.45, 7) is 4.62. The molecule has 0 unspecified atom stereocenters. The number of esters is 1. The first-order valence-electron chi connectivity index (χ1n) is 15.2. The van der Waals surface area contributed by atoms with Gasteiger partial charge in [0.1, 0.15) is 18.1 Å². The van der Waals surface area contributed by atoms with Crippen LogP contribution < -0.4 is 24.4 Å². The number of carbonyl (C=O) groups excluding carboxylic acids is 1. The molecule has 0 fully saturated rings. The van der Waals surface area contributed by atoms with E-state index in [2.05, 4.69) is 6.07 Å². The van der Waals surface area contributed by atoms with Gasteiger partial charge in [-0.05, 0) is 61.4 Å². The minimum absolute atomic E-state index is 0.176. The Balaban J connectivity index is 1.42. The zero-order valence-electron chi connectivity index (χ0n) is 25.9. The molecule has 8 nitrogen and oxygen atoms in total. The van der Waals surface area contributed by atoms with Crippen molar-refractivity contribution in [3.8, 4) is 17.6 Å². The molecule has 9 heteroatoms. The molecule has 0 aliphatic carbocycles. The maximum Gasteiger partial charge on any atom is 0.338 e. The molecule has 0 saturated heterocycles. The summed E-state index contributed by atoms with van der Waals surface area (Å²) in [6.07, 6.45) is 1.81. The van der Waals surface area contributed by atoms with Gasteiger partial charge in [0.25, 0.3) is 5.56 Å². The largest absolute Gasteiger partial charge is 0.494 e. The fourth-order valence-corrected chi connectivity index (χ4v) is 6.40. The number of thiazole rings is 1. The SMILES string of the molecule is CCOC(=O)C1=C(c2ccccc2)N=c2s/c(=C/c3ccc(OCc4ccccc4C#N)cc3)c(=O)n2[C@H]1c1ccc(OCC)cc1. The summed E-state index contributed by atoms with van der Waals surface area (Å²) in [4.78, 5) is 33.2. The van der Waals surface area contributed by atoms with Gasteiger partial charge in [-0.2, -0.15) is 5.26 Å². The zero-order valence-corrected chi connectivity index (χ0v) is 26.7. The number of fused-ring (bicyclic) bond motifs is 1. The molecule has 234 valence electrons. The van der Waals surface area contributed by atoms with Crippen molar-refractivity contribution in [3.63, 3.8) is 0 Å². The number of benzene rings is 4. The van der Waals surface area contributed by atoms with Gasteiger partial charge in [-0.15, -0.1) is 0 Å². The topological polar surface area (TPSA) is 103 Å². The summed E-state index contributed by atoms with van der Waals surface area (Å²) >= 11 is 1.26. The van der Waals surface area contributed by atoms with Crippen LogP contribution in [0.3, 0.4) is 0 Å². The molecule has 0 spiro atoms. The Morgan fingerprint density at radius 1 is 0.894 bits per heavy atom. The molecule has 1 atom stereocenters. The van der Waals surface area contributed by atoms with Gasteiger partial charge in [-0.25, -0.2) is 9.79 Å². The van der Waals surface area contributed by atoms with Gasteiger partial charge in [0, 0.05) is 11.1 Å². The van der Waals surface area contributed by atoms with E-state index in [0.717, 1.165) is 22.3 Å². The smallest absolute Gasteiger partial charge is 0.338 e. The van der Waals surface area contributed by atoms with E-state index in [4.69, 9.17) is 19.2 Å². The molecule has 0 saturated carbocycles. The van der Waals surface area contributed by atoms with E-state index in [0.29, 0.717) is 44.3 Å². The zero-order chi connectivity index (χ0) is 32.8. The van der Waals surface area contributed by atoms with E-state index >= 15 is 0 Å². The number of nitrogens with zero attached hydrogens (tertiary/aromatic N) is 3. The van der Waals surface area contributed by atoms with E-state index < -0.39 is 12.0 Å². The maximum absolute atomic E-state index is 14.2. The summed E-state index contributed by atoms with van der Waals surface area (Å²) in [5.41, 5.74) is 4.14. The van der Waals surface area contributed by atoms with Gasteiger partial charge in [0.15, 0.2) is 4.80 Å². The molecule has 2 heterocycles. The van der Waals surface area contributed by atoms with Gasteiger partial charge >= 0.3 is 5.97 Å². The average molecular weight is 642 g/mol. The molecule has 1 aromatic heterocycles. The Kier molecular flexibility index (Phi) is 9.41. The fraction of sp³-hybridized carbons (Fsp3) is 0.158. The van der Waals surface area contributed by atoms with Gasteiger partial charge in [0.05, 0.1) is 46.7 Å². The van der Waals surface area contributed by atoms with Crippen LogP contribution in [0.1, 0.15) is 47.7 Å². The quantitative estimate of drug-likeness (QED) is 0.179. The predicted octanol–water partition coefficient (Wildman–Crippen LogP) is 5.78. The molecule has 0 radical (unpaired) electrons. The molecule has 6 rings (SSSR count). The molecular formula is C38H31N3O5S. The van der Waals surface area contributed by atoms with E-state index in [-0.39, 0.29) is 18.8 Å². The highest BCUT2D eigenvalue weighted by Crippen LogP contribution is 2.35. The van der Waals surface area contributed by atoms with Crippen LogP contribution in [-0.2, 0) is 16.1 Å². The molecule has 47 heavy (non-hydrogen) atoms. The molecule has 1 aliphatic rings. The van der Waals surface area contributed by atoms with E-state index in [1.54, 1.807) is 17.6 Å². The Morgan fingerprint density at radius 2 is 1.57 bits per heavy atom. The second-order valence-corrected chi connectivity index (χ2v) is 11.6. The number of hydrogen-bond acceptors (Lipinski definition) is 8. The lowest BCUT2D eigenvalue weighted by molar-refractivity contribution is -0.138. The van der Waals surface area contributed by atoms with Crippen LogP contribution in [-0.4, -0.2) is 23.8 Å². The summed E-state index contributed by atoms with van der Waals surface area (Å²) in [7, 11) is 0. The Hall–Kier alpha value is -5.72. The van der Waals surface area contributed by atoms with E-state index in [9.17, 15) is 14.9 Å². The number of carbonyl (C=O) groups is 1. The summed E-state index contributed by atoms with van der Waals surface area (Å²) < 4.78 is 19.2. The van der Waals surface area contributed by atoms with Crippen molar-refractivity contribution in [1.82, 2.24) is 4.57 Å². The van der Waals surface area contributed by atoms with Crippen molar-refractivity contribution in [1.29, 1.82) is 5.26 Å². The molecule has 1 aliphatic heterocycles. The van der Waals surface area contributed by atoms with E-state index in [1.807, 2.05) is 110 Å². The van der Waals surface area contributed by atoms with Crippen LogP contribution in [0.25, 0.3) is 11.8 Å². The molecule has 0 N–H and O–H groups in total. The van der Waals surface area contributed by atoms with Crippen molar-refractivity contribution in [3.05, 3.63) is 156 Å². The van der Waals surface area contributed by atoms with Crippen LogP contribution in [0.2, 0.25) is 0 Å². The summed E-state index contributed by atoms with van der Waals surface area (Å²) in [5, 5.41) is 9.35. The normalized spacial score (nSPS) is 14.1. The van der Waals surface area contributed by atoms with Crippen molar-refractivity contribution >= 4 is 29.1 Å². The second-order valence-electron chi connectivity index (χ2n) is 10.6. The van der Waals surface area contributed by atoms with Gasteiger partial charge in [0.2, 0.25) is 0 Å². The predicted molar refractivity (Wildman–Crippen MR) is 181 cm³/mol. The summed E-state index contributed by atoms with van der Waals surface area (Å²) in [6, 6.07) is 33.0. The molecule has 4 aromatic carbocycles. The van der Waals surface area contributed by atoms with Crippen LogP contribution >= 0.6 is 11.3 Å². The standard InChI is InChI=1S/C38H31N3O5S/c1-3-44-30-20-16-27(17-21-30)35-33(37(43)45-4-2)34(26-10-6-5-7-11-26)40-38-41(35)36(42)32(47-38)22-25-14-18-31(19-15-25)46-24-29-13-9-8-12-28(29)23-39/h5-22,35H,3-4,24H2,1-2H3/b32-22+/t35-/m0/s1. The highest BCUT2D eigenvalue weighted by atomic mass is 32.1. The molecule has 0 bridgehead atoms. The van der Waals surface area contributed by atoms with Gasteiger partial charge in [-0.3, -0.25) is 9.36 Å². The number of rotatable bonds is 10. The lowest BCUT2D eigenvalue weighted by Gasteiger charge is -2.26. The number of hydrogen-bond donors (Lipinski definition) is 0. The number of nitriles is 1. The lowest BCUT2D eigenvalue weighted by atomic mass is 9.93. The second kappa shape index (κ2) is 14.1. The Labute approximate surface area is 275 Å². The van der Waals surface area contributed by atoms with E-state index in [1.165, 1.54) is 11.3 Å². The average Bonchev–Trinajstić information content (AvgIpc) is 3.42. The van der Waals surface area contributed by atoms with Crippen molar-refractivity contribution in [2.45, 2.75) is 26.5 Å². The molecule has 0 amide bonds. The highest BCUT2D eigenvalue weighted by molar-refractivity contribution is 7.07. The highest BCUT2D eigenvalue weighted by Gasteiger charge is 2.35. The van der Waals surface area contributed by atoms with Crippen molar-refractivity contribution < 1.29 is 19.0 Å². The molecular weight excluding hydrogens is 611 g/mol.